The summed E-state index contributed by atoms with van der Waals surface area (Å²) >= 11 is 0. The standard InChI is InChI=1S/C27H31N5O3/c1-18(33)30-25-15-20-14-22(6-8-26(20)35-27(25)34)32-12-10-31(11-13-32)9-3-2-4-19-17-29-24-7-5-21(28)16-23(19)24/h5-8,14-17,29H,2-4,9-13,28H2,1H3,(H,30,33). The number of benzene rings is 2. The van der Waals surface area contributed by atoms with Gasteiger partial charge in [-0.05, 0) is 73.8 Å². The van der Waals surface area contributed by atoms with E-state index in [0.29, 0.717) is 5.58 Å². The Labute approximate surface area is 203 Å². The van der Waals surface area contributed by atoms with E-state index in [1.807, 2.05) is 30.3 Å². The van der Waals surface area contributed by atoms with Gasteiger partial charge < -0.3 is 25.4 Å². The molecule has 1 aliphatic heterocycles. The number of amides is 1. The first kappa shape index (κ1) is 23.0. The van der Waals surface area contributed by atoms with Gasteiger partial charge in [0.05, 0.1) is 0 Å². The minimum Gasteiger partial charge on any atom is -0.421 e. The third-order valence-corrected chi connectivity index (χ3v) is 6.73. The maximum atomic E-state index is 12.0. The van der Waals surface area contributed by atoms with E-state index in [2.05, 4.69) is 32.4 Å². The van der Waals surface area contributed by atoms with Crippen LogP contribution in [0.15, 0.2) is 57.9 Å². The number of fused-ring (bicyclic) bond motifs is 2. The van der Waals surface area contributed by atoms with Crippen LogP contribution in [0.25, 0.3) is 21.9 Å². The molecule has 2 aromatic carbocycles. The molecule has 1 fully saturated rings. The summed E-state index contributed by atoms with van der Waals surface area (Å²) in [6.07, 6.45) is 5.47. The van der Waals surface area contributed by atoms with Gasteiger partial charge in [-0.2, -0.15) is 0 Å². The number of hydrogen-bond donors (Lipinski definition) is 3. The molecule has 4 aromatic rings. The van der Waals surface area contributed by atoms with E-state index < -0.39 is 5.63 Å². The lowest BCUT2D eigenvalue weighted by Crippen LogP contribution is -2.46. The molecule has 0 aliphatic carbocycles. The smallest absolute Gasteiger partial charge is 0.360 e. The summed E-state index contributed by atoms with van der Waals surface area (Å²) in [5, 5.41) is 4.57. The number of H-pyrrole nitrogens is 1. The number of piperazine rings is 1. The van der Waals surface area contributed by atoms with E-state index in [9.17, 15) is 9.59 Å². The molecule has 0 radical (unpaired) electrons. The van der Waals surface area contributed by atoms with Crippen LogP contribution in [0.2, 0.25) is 0 Å². The fraction of sp³-hybridized carbons (Fsp3) is 0.333. The SMILES string of the molecule is CC(=O)Nc1cc2cc(N3CCN(CCCCc4c[nH]c5ccc(N)cc45)CC3)ccc2oc1=O. The number of hydrogen-bond acceptors (Lipinski definition) is 6. The second-order valence-corrected chi connectivity index (χ2v) is 9.26. The van der Waals surface area contributed by atoms with Crippen molar-refractivity contribution >= 4 is 44.8 Å². The number of nitrogens with one attached hydrogen (secondary N) is 2. The fourth-order valence-corrected chi connectivity index (χ4v) is 4.87. The summed E-state index contributed by atoms with van der Waals surface area (Å²) in [5.74, 6) is -0.296. The van der Waals surface area contributed by atoms with Crippen molar-refractivity contribution in [2.75, 3.05) is 48.7 Å². The second kappa shape index (κ2) is 9.84. The van der Waals surface area contributed by atoms with Gasteiger partial charge >= 0.3 is 5.63 Å². The van der Waals surface area contributed by atoms with Crippen LogP contribution in [0, 0.1) is 0 Å². The number of carbonyl (C=O) groups is 1. The van der Waals surface area contributed by atoms with Crippen LogP contribution in [-0.4, -0.2) is 48.5 Å². The number of aromatic nitrogens is 1. The molecule has 2 aromatic heterocycles. The molecule has 35 heavy (non-hydrogen) atoms. The van der Waals surface area contributed by atoms with Crippen LogP contribution in [0.3, 0.4) is 0 Å². The van der Waals surface area contributed by atoms with E-state index in [4.69, 9.17) is 10.2 Å². The van der Waals surface area contributed by atoms with Crippen molar-refractivity contribution in [1.29, 1.82) is 0 Å². The van der Waals surface area contributed by atoms with Crippen molar-refractivity contribution in [3.05, 3.63) is 64.6 Å². The van der Waals surface area contributed by atoms with Gasteiger partial charge in [0.1, 0.15) is 11.3 Å². The first-order chi connectivity index (χ1) is 17.0. The average molecular weight is 474 g/mol. The topological polar surface area (TPSA) is 108 Å². The van der Waals surface area contributed by atoms with Crippen LogP contribution in [0.1, 0.15) is 25.3 Å². The minimum absolute atomic E-state index is 0.170. The van der Waals surface area contributed by atoms with E-state index in [1.54, 1.807) is 6.07 Å². The van der Waals surface area contributed by atoms with Crippen molar-refractivity contribution in [3.8, 4) is 0 Å². The van der Waals surface area contributed by atoms with E-state index in [1.165, 1.54) is 17.9 Å². The highest BCUT2D eigenvalue weighted by atomic mass is 16.4. The van der Waals surface area contributed by atoms with Crippen molar-refractivity contribution in [1.82, 2.24) is 9.88 Å². The number of rotatable bonds is 7. The molecule has 1 amide bonds. The quantitative estimate of drug-likeness (QED) is 0.213. The maximum absolute atomic E-state index is 12.0. The Morgan fingerprint density at radius 3 is 2.71 bits per heavy atom. The predicted octanol–water partition coefficient (Wildman–Crippen LogP) is 3.96. The number of carbonyl (C=O) groups excluding carboxylic acids is 1. The van der Waals surface area contributed by atoms with Crippen LogP contribution in [0.5, 0.6) is 0 Å². The predicted molar refractivity (Wildman–Crippen MR) is 141 cm³/mol. The third kappa shape index (κ3) is 5.17. The fourth-order valence-electron chi connectivity index (χ4n) is 4.87. The zero-order valence-electron chi connectivity index (χ0n) is 20.0. The summed E-state index contributed by atoms with van der Waals surface area (Å²) in [4.78, 5) is 31.6. The first-order valence-electron chi connectivity index (χ1n) is 12.1. The van der Waals surface area contributed by atoms with Crippen LogP contribution in [-0.2, 0) is 11.2 Å². The lowest BCUT2D eigenvalue weighted by atomic mass is 10.1. The number of aryl methyl sites for hydroxylation is 1. The molecule has 182 valence electrons. The monoisotopic (exact) mass is 473 g/mol. The molecule has 3 heterocycles. The number of nitrogen functional groups attached to an aromatic ring is 1. The zero-order valence-corrected chi connectivity index (χ0v) is 20.0. The molecular weight excluding hydrogens is 442 g/mol. The van der Waals surface area contributed by atoms with Crippen LogP contribution >= 0.6 is 0 Å². The highest BCUT2D eigenvalue weighted by Crippen LogP contribution is 2.25. The molecule has 0 spiro atoms. The van der Waals surface area contributed by atoms with Gasteiger partial charge in [0.15, 0.2) is 0 Å². The molecular formula is C27H31N5O3. The number of unbranched alkanes of at least 4 members (excludes halogenated alkanes) is 1. The Hall–Kier alpha value is -3.78. The number of nitrogens with zero attached hydrogens (tertiary/aromatic N) is 2. The van der Waals surface area contributed by atoms with Crippen molar-refractivity contribution in [3.63, 3.8) is 0 Å². The molecule has 8 nitrogen and oxygen atoms in total. The molecule has 1 saturated heterocycles. The Morgan fingerprint density at radius 2 is 1.91 bits per heavy atom. The molecule has 0 atom stereocenters. The van der Waals surface area contributed by atoms with E-state index in [-0.39, 0.29) is 11.6 Å². The van der Waals surface area contributed by atoms with Gasteiger partial charge in [-0.1, -0.05) is 0 Å². The first-order valence-corrected chi connectivity index (χ1v) is 12.1. The van der Waals surface area contributed by atoms with Gasteiger partial charge in [-0.15, -0.1) is 0 Å². The largest absolute Gasteiger partial charge is 0.421 e. The second-order valence-electron chi connectivity index (χ2n) is 9.26. The van der Waals surface area contributed by atoms with Gasteiger partial charge in [0, 0.05) is 67.0 Å². The molecule has 8 heteroatoms. The van der Waals surface area contributed by atoms with Crippen molar-refractivity contribution in [2.24, 2.45) is 0 Å². The number of nitrogens with two attached hydrogens (primary N) is 1. The lowest BCUT2D eigenvalue weighted by Gasteiger charge is -2.36. The molecule has 0 saturated carbocycles. The zero-order chi connectivity index (χ0) is 24.4. The van der Waals surface area contributed by atoms with Gasteiger partial charge in [0.25, 0.3) is 0 Å². The average Bonchev–Trinajstić information content (AvgIpc) is 3.24. The number of anilines is 3. The van der Waals surface area contributed by atoms with Gasteiger partial charge in [0.2, 0.25) is 5.91 Å². The summed E-state index contributed by atoms with van der Waals surface area (Å²) in [6.45, 7) is 6.40. The van der Waals surface area contributed by atoms with Crippen LogP contribution < -0.4 is 21.6 Å². The Bertz CT molecular complexity index is 1420. The lowest BCUT2D eigenvalue weighted by molar-refractivity contribution is -0.114. The third-order valence-electron chi connectivity index (χ3n) is 6.73. The van der Waals surface area contributed by atoms with Crippen LogP contribution in [0.4, 0.5) is 17.1 Å². The van der Waals surface area contributed by atoms with Crippen molar-refractivity contribution in [2.45, 2.75) is 26.2 Å². The summed E-state index contributed by atoms with van der Waals surface area (Å²) in [5.41, 5.74) is 10.5. The van der Waals surface area contributed by atoms with Gasteiger partial charge in [-0.25, -0.2) is 4.79 Å². The van der Waals surface area contributed by atoms with E-state index in [0.717, 1.165) is 74.3 Å². The number of aromatic amines is 1. The Kier molecular flexibility index (Phi) is 6.46. The Morgan fingerprint density at radius 1 is 1.09 bits per heavy atom. The molecule has 5 rings (SSSR count). The Balaban J connectivity index is 1.13. The maximum Gasteiger partial charge on any atom is 0.360 e. The molecule has 0 bridgehead atoms. The summed E-state index contributed by atoms with van der Waals surface area (Å²) < 4.78 is 5.36. The summed E-state index contributed by atoms with van der Waals surface area (Å²) in [7, 11) is 0. The molecule has 1 aliphatic rings. The summed E-state index contributed by atoms with van der Waals surface area (Å²) in [6, 6.07) is 13.6. The highest BCUT2D eigenvalue weighted by molar-refractivity contribution is 5.91. The van der Waals surface area contributed by atoms with E-state index >= 15 is 0 Å². The minimum atomic E-state index is -0.539. The molecule has 0 unspecified atom stereocenters. The normalized spacial score (nSPS) is 14.6. The molecule has 4 N–H and O–H groups in total. The highest BCUT2D eigenvalue weighted by Gasteiger charge is 2.18. The van der Waals surface area contributed by atoms with Crippen molar-refractivity contribution < 1.29 is 9.21 Å². The van der Waals surface area contributed by atoms with Gasteiger partial charge in [-0.3, -0.25) is 9.69 Å².